The Morgan fingerprint density at radius 3 is 2.85 bits per heavy atom. The van der Waals surface area contributed by atoms with Crippen LogP contribution in [0.3, 0.4) is 0 Å². The first-order valence-corrected chi connectivity index (χ1v) is 9.32. The van der Waals surface area contributed by atoms with E-state index in [4.69, 9.17) is 10.5 Å². The molecule has 0 radical (unpaired) electrons. The lowest BCUT2D eigenvalue weighted by Gasteiger charge is -2.44. The summed E-state index contributed by atoms with van der Waals surface area (Å²) in [4.78, 5) is 17.8. The Morgan fingerprint density at radius 2 is 2.15 bits per heavy atom. The number of aromatic nitrogens is 1. The minimum Gasteiger partial charge on any atom is -0.456 e. The van der Waals surface area contributed by atoms with Crippen LogP contribution in [0.15, 0.2) is 36.5 Å². The summed E-state index contributed by atoms with van der Waals surface area (Å²) in [7, 11) is 0. The Kier molecular flexibility index (Phi) is 5.75. The van der Waals surface area contributed by atoms with Gasteiger partial charge in [-0.15, -0.1) is 0 Å². The van der Waals surface area contributed by atoms with E-state index in [1.54, 1.807) is 12.3 Å². The molecule has 6 heteroatoms. The molecular weight excluding hydrogens is 345 g/mol. The fraction of sp³-hybridized carbons (Fsp3) is 0.429. The van der Waals surface area contributed by atoms with Crippen molar-refractivity contribution in [3.05, 3.63) is 59.0 Å². The van der Waals surface area contributed by atoms with Gasteiger partial charge < -0.3 is 10.5 Å². The van der Waals surface area contributed by atoms with Crippen LogP contribution in [0.5, 0.6) is 5.88 Å². The highest BCUT2D eigenvalue weighted by molar-refractivity contribution is 5.93. The summed E-state index contributed by atoms with van der Waals surface area (Å²) in [5.74, 6) is -0.690. The summed E-state index contributed by atoms with van der Waals surface area (Å²) in [6, 6.07) is 8.49. The van der Waals surface area contributed by atoms with E-state index >= 15 is 0 Å². The molecule has 3 rings (SSSR count). The highest BCUT2D eigenvalue weighted by Crippen LogP contribution is 2.30. The molecule has 1 unspecified atom stereocenters. The number of likely N-dealkylation sites (tertiary alicyclic amines) is 1. The Bertz CT molecular complexity index is 827. The fourth-order valence-electron chi connectivity index (χ4n) is 3.58. The third-order valence-electron chi connectivity index (χ3n) is 5.17. The first-order valence-electron chi connectivity index (χ1n) is 9.32. The van der Waals surface area contributed by atoms with Gasteiger partial charge in [0.2, 0.25) is 5.88 Å². The van der Waals surface area contributed by atoms with Crippen molar-refractivity contribution in [1.29, 1.82) is 0 Å². The largest absolute Gasteiger partial charge is 0.456 e. The van der Waals surface area contributed by atoms with E-state index in [0.717, 1.165) is 43.5 Å². The number of primary amides is 1. The van der Waals surface area contributed by atoms with Crippen molar-refractivity contribution in [2.45, 2.75) is 45.3 Å². The molecule has 144 valence electrons. The zero-order chi connectivity index (χ0) is 19.4. The first-order chi connectivity index (χ1) is 12.9. The SMILES string of the molecule is Cc1ccnc(OC2(C)CCCCN2CCc2ccc(C(N)=O)c(F)c2)c1. The average molecular weight is 371 g/mol. The number of rotatable bonds is 6. The lowest BCUT2D eigenvalue weighted by Crippen LogP contribution is -2.54. The van der Waals surface area contributed by atoms with E-state index in [0.29, 0.717) is 12.3 Å². The van der Waals surface area contributed by atoms with Crippen LogP contribution in [0.25, 0.3) is 0 Å². The minimum absolute atomic E-state index is 0.0737. The fourth-order valence-corrected chi connectivity index (χ4v) is 3.58. The number of amides is 1. The van der Waals surface area contributed by atoms with E-state index in [2.05, 4.69) is 16.8 Å². The molecule has 27 heavy (non-hydrogen) atoms. The monoisotopic (exact) mass is 371 g/mol. The molecule has 1 saturated heterocycles. The predicted octanol–water partition coefficient (Wildman–Crippen LogP) is 3.45. The molecule has 2 heterocycles. The van der Waals surface area contributed by atoms with Crippen molar-refractivity contribution >= 4 is 5.91 Å². The molecule has 1 aliphatic rings. The normalized spacial score (nSPS) is 20.4. The number of hydrogen-bond acceptors (Lipinski definition) is 4. The van der Waals surface area contributed by atoms with Gasteiger partial charge in [0.15, 0.2) is 5.72 Å². The summed E-state index contributed by atoms with van der Waals surface area (Å²) in [5, 5.41) is 0. The summed E-state index contributed by atoms with van der Waals surface area (Å²) in [6.07, 6.45) is 5.54. The predicted molar refractivity (Wildman–Crippen MR) is 102 cm³/mol. The number of hydrogen-bond donors (Lipinski definition) is 1. The van der Waals surface area contributed by atoms with Crippen LogP contribution in [0.1, 0.15) is 47.7 Å². The maximum Gasteiger partial charge on any atom is 0.251 e. The number of ether oxygens (including phenoxy) is 1. The Labute approximate surface area is 159 Å². The summed E-state index contributed by atoms with van der Waals surface area (Å²) in [6.45, 7) is 5.76. The van der Waals surface area contributed by atoms with Gasteiger partial charge in [0.1, 0.15) is 5.82 Å². The van der Waals surface area contributed by atoms with Crippen molar-refractivity contribution in [3.8, 4) is 5.88 Å². The minimum atomic E-state index is -0.748. The highest BCUT2D eigenvalue weighted by atomic mass is 19.1. The number of halogens is 1. The number of nitrogens with two attached hydrogens (primary N) is 1. The van der Waals surface area contributed by atoms with Gasteiger partial charge >= 0.3 is 0 Å². The lowest BCUT2D eigenvalue weighted by molar-refractivity contribution is -0.0977. The Morgan fingerprint density at radius 1 is 1.33 bits per heavy atom. The lowest BCUT2D eigenvalue weighted by atomic mass is 9.98. The van der Waals surface area contributed by atoms with Crippen LogP contribution in [-0.2, 0) is 6.42 Å². The number of benzene rings is 1. The zero-order valence-electron chi connectivity index (χ0n) is 15.9. The molecule has 1 amide bonds. The van der Waals surface area contributed by atoms with E-state index in [-0.39, 0.29) is 5.56 Å². The van der Waals surface area contributed by atoms with Crippen LogP contribution in [0.2, 0.25) is 0 Å². The van der Waals surface area contributed by atoms with Crippen molar-refractivity contribution in [2.75, 3.05) is 13.1 Å². The molecule has 0 aliphatic carbocycles. The number of carbonyl (C=O) groups excluding carboxylic acids is 1. The number of nitrogens with zero attached hydrogens (tertiary/aromatic N) is 2. The number of carbonyl (C=O) groups is 1. The van der Waals surface area contributed by atoms with Gasteiger partial charge in [-0.2, -0.15) is 0 Å². The van der Waals surface area contributed by atoms with Crippen molar-refractivity contribution < 1.29 is 13.9 Å². The smallest absolute Gasteiger partial charge is 0.251 e. The molecular formula is C21H26FN3O2. The van der Waals surface area contributed by atoms with Crippen molar-refractivity contribution in [3.63, 3.8) is 0 Å². The molecule has 1 fully saturated rings. The Balaban J connectivity index is 1.70. The van der Waals surface area contributed by atoms with Gasteiger partial charge in [-0.05, 0) is 62.4 Å². The second-order valence-electron chi connectivity index (χ2n) is 7.32. The van der Waals surface area contributed by atoms with Crippen molar-refractivity contribution in [2.24, 2.45) is 5.73 Å². The molecule has 2 aromatic rings. The van der Waals surface area contributed by atoms with Gasteiger partial charge in [-0.3, -0.25) is 9.69 Å². The second kappa shape index (κ2) is 8.05. The quantitative estimate of drug-likeness (QED) is 0.844. The number of aryl methyl sites for hydroxylation is 1. The van der Waals surface area contributed by atoms with Gasteiger partial charge in [0, 0.05) is 31.8 Å². The van der Waals surface area contributed by atoms with Gasteiger partial charge in [0.05, 0.1) is 5.56 Å². The molecule has 1 aliphatic heterocycles. The molecule has 5 nitrogen and oxygen atoms in total. The molecule has 2 N–H and O–H groups in total. The average Bonchev–Trinajstić information content (AvgIpc) is 2.60. The third kappa shape index (κ3) is 4.63. The zero-order valence-corrected chi connectivity index (χ0v) is 15.9. The molecule has 1 aromatic carbocycles. The van der Waals surface area contributed by atoms with Crippen LogP contribution in [0.4, 0.5) is 4.39 Å². The van der Waals surface area contributed by atoms with Gasteiger partial charge in [0.25, 0.3) is 5.91 Å². The van der Waals surface area contributed by atoms with Crippen LogP contribution in [0, 0.1) is 12.7 Å². The van der Waals surface area contributed by atoms with E-state index in [9.17, 15) is 9.18 Å². The summed E-state index contributed by atoms with van der Waals surface area (Å²) in [5.41, 5.74) is 6.59. The standard InChI is InChI=1S/C21H26FN3O2/c1-15-7-10-24-19(13-15)27-21(2)9-3-4-11-25(21)12-8-16-5-6-17(20(23)26)18(22)14-16/h5-7,10,13-14H,3-4,8-9,11-12H2,1-2H3,(H2,23,26). The third-order valence-corrected chi connectivity index (χ3v) is 5.17. The molecule has 1 atom stereocenters. The molecule has 1 aromatic heterocycles. The van der Waals surface area contributed by atoms with E-state index < -0.39 is 17.4 Å². The maximum absolute atomic E-state index is 14.0. The number of pyridine rings is 1. The topological polar surface area (TPSA) is 68.4 Å². The van der Waals surface area contributed by atoms with Crippen LogP contribution >= 0.6 is 0 Å². The van der Waals surface area contributed by atoms with Gasteiger partial charge in [-0.1, -0.05) is 6.07 Å². The van der Waals surface area contributed by atoms with Crippen LogP contribution < -0.4 is 10.5 Å². The maximum atomic E-state index is 14.0. The molecule has 0 spiro atoms. The van der Waals surface area contributed by atoms with Crippen LogP contribution in [-0.4, -0.2) is 34.6 Å². The molecule has 0 saturated carbocycles. The van der Waals surface area contributed by atoms with Gasteiger partial charge in [-0.25, -0.2) is 9.37 Å². The second-order valence-corrected chi connectivity index (χ2v) is 7.32. The van der Waals surface area contributed by atoms with E-state index in [1.807, 2.05) is 19.1 Å². The highest BCUT2D eigenvalue weighted by Gasteiger charge is 2.36. The molecule has 0 bridgehead atoms. The summed E-state index contributed by atoms with van der Waals surface area (Å²) >= 11 is 0. The van der Waals surface area contributed by atoms with E-state index in [1.165, 1.54) is 12.1 Å². The first kappa shape index (κ1) is 19.3. The Hall–Kier alpha value is -2.47. The van der Waals surface area contributed by atoms with Crippen molar-refractivity contribution in [1.82, 2.24) is 9.88 Å². The number of piperidine rings is 1. The summed E-state index contributed by atoms with van der Waals surface area (Å²) < 4.78 is 20.3.